The fourth-order valence-electron chi connectivity index (χ4n) is 2.98. The van der Waals surface area contributed by atoms with Crippen LogP contribution in [0.5, 0.6) is 5.75 Å². The quantitative estimate of drug-likeness (QED) is 0.192. The van der Waals surface area contributed by atoms with Crippen molar-refractivity contribution in [2.75, 3.05) is 13.2 Å². The molecule has 1 unspecified atom stereocenters. The van der Waals surface area contributed by atoms with Gasteiger partial charge in [-0.2, -0.15) is 0 Å². The average Bonchev–Trinajstić information content (AvgIpc) is 3.49. The third-order valence-electron chi connectivity index (χ3n) is 4.71. The standard InChI is InChI=1S/C24H36O2/c1-2-3-4-5-6-7-8-9-10-11-12-13-14-16-22-17-15-18-23(19-22)25-20-24-21-26-24/h12-19,24H,2-11,20-21H2,1H3. The van der Waals surface area contributed by atoms with Gasteiger partial charge in [0, 0.05) is 0 Å². The van der Waals surface area contributed by atoms with Crippen LogP contribution in [0, 0.1) is 0 Å². The lowest BCUT2D eigenvalue weighted by Crippen LogP contribution is -2.03. The van der Waals surface area contributed by atoms with Gasteiger partial charge >= 0.3 is 0 Å². The first-order chi connectivity index (χ1) is 12.9. The maximum atomic E-state index is 5.71. The Kier molecular flexibility index (Phi) is 10.9. The molecule has 0 aromatic heterocycles. The molecule has 144 valence electrons. The molecule has 0 spiro atoms. The highest BCUT2D eigenvalue weighted by Crippen LogP contribution is 2.17. The zero-order chi connectivity index (χ0) is 18.3. The molecule has 1 heterocycles. The van der Waals surface area contributed by atoms with Gasteiger partial charge in [-0.25, -0.2) is 0 Å². The van der Waals surface area contributed by atoms with Crippen molar-refractivity contribution in [3.63, 3.8) is 0 Å². The first kappa shape index (κ1) is 20.8. The highest BCUT2D eigenvalue weighted by molar-refractivity contribution is 5.53. The lowest BCUT2D eigenvalue weighted by molar-refractivity contribution is 0.263. The third kappa shape index (κ3) is 10.5. The zero-order valence-corrected chi connectivity index (χ0v) is 16.5. The molecule has 0 amide bonds. The lowest BCUT2D eigenvalue weighted by Gasteiger charge is -2.04. The van der Waals surface area contributed by atoms with Gasteiger partial charge < -0.3 is 9.47 Å². The SMILES string of the molecule is CCCCCCCCCCCC=CC=Cc1cccc(OCC2CO2)c1. The van der Waals surface area contributed by atoms with Crippen LogP contribution in [0.1, 0.15) is 76.7 Å². The van der Waals surface area contributed by atoms with E-state index in [0.29, 0.717) is 12.7 Å². The van der Waals surface area contributed by atoms with Gasteiger partial charge in [0.05, 0.1) is 6.61 Å². The molecule has 0 radical (unpaired) electrons. The number of hydrogen-bond acceptors (Lipinski definition) is 2. The number of rotatable bonds is 15. The highest BCUT2D eigenvalue weighted by Gasteiger charge is 2.22. The summed E-state index contributed by atoms with van der Waals surface area (Å²) in [6.07, 6.45) is 22.7. The Bertz CT molecular complexity index is 529. The molecule has 0 bridgehead atoms. The summed E-state index contributed by atoms with van der Waals surface area (Å²) >= 11 is 0. The minimum Gasteiger partial charge on any atom is -0.491 e. The smallest absolute Gasteiger partial charge is 0.120 e. The molecule has 2 rings (SSSR count). The van der Waals surface area contributed by atoms with Gasteiger partial charge in [0.25, 0.3) is 0 Å². The van der Waals surface area contributed by atoms with Crippen LogP contribution < -0.4 is 4.74 Å². The van der Waals surface area contributed by atoms with E-state index in [1.165, 1.54) is 69.8 Å². The second kappa shape index (κ2) is 13.6. The maximum absolute atomic E-state index is 5.71. The predicted molar refractivity (Wildman–Crippen MR) is 112 cm³/mol. The molecular weight excluding hydrogens is 320 g/mol. The van der Waals surface area contributed by atoms with E-state index in [1.807, 2.05) is 12.1 Å². The largest absolute Gasteiger partial charge is 0.491 e. The van der Waals surface area contributed by atoms with Gasteiger partial charge in [-0.15, -0.1) is 0 Å². The minimum atomic E-state index is 0.304. The second-order valence-corrected chi connectivity index (χ2v) is 7.24. The summed E-state index contributed by atoms with van der Waals surface area (Å²) in [6.45, 7) is 3.77. The van der Waals surface area contributed by atoms with Gasteiger partial charge in [0.2, 0.25) is 0 Å². The van der Waals surface area contributed by atoms with Crippen LogP contribution in [-0.2, 0) is 4.74 Å². The molecule has 1 aliphatic rings. The van der Waals surface area contributed by atoms with E-state index < -0.39 is 0 Å². The molecule has 1 aromatic carbocycles. The van der Waals surface area contributed by atoms with Crippen molar-refractivity contribution in [3.05, 3.63) is 48.1 Å². The first-order valence-corrected chi connectivity index (χ1v) is 10.6. The van der Waals surface area contributed by atoms with Gasteiger partial charge in [-0.3, -0.25) is 0 Å². The summed E-state index contributed by atoms with van der Waals surface area (Å²) in [6, 6.07) is 8.21. The molecule has 0 N–H and O–H groups in total. The van der Waals surface area contributed by atoms with Crippen LogP contribution in [0.2, 0.25) is 0 Å². The van der Waals surface area contributed by atoms with Crippen LogP contribution in [-0.4, -0.2) is 19.3 Å². The maximum Gasteiger partial charge on any atom is 0.120 e. The number of unbranched alkanes of at least 4 members (excludes halogenated alkanes) is 9. The summed E-state index contributed by atoms with van der Waals surface area (Å²) in [4.78, 5) is 0. The molecule has 2 heteroatoms. The Morgan fingerprint density at radius 2 is 1.73 bits per heavy atom. The van der Waals surface area contributed by atoms with Gasteiger partial charge in [0.15, 0.2) is 0 Å². The van der Waals surface area contributed by atoms with E-state index in [2.05, 4.69) is 43.4 Å². The number of allylic oxidation sites excluding steroid dienone is 3. The van der Waals surface area contributed by atoms with Gasteiger partial charge in [-0.1, -0.05) is 94.7 Å². The van der Waals surface area contributed by atoms with Crippen LogP contribution in [0.4, 0.5) is 0 Å². The number of ether oxygens (including phenoxy) is 2. The van der Waals surface area contributed by atoms with Crippen molar-refractivity contribution in [2.24, 2.45) is 0 Å². The van der Waals surface area contributed by atoms with Crippen LogP contribution in [0.25, 0.3) is 6.08 Å². The third-order valence-corrected chi connectivity index (χ3v) is 4.71. The summed E-state index contributed by atoms with van der Waals surface area (Å²) in [5, 5.41) is 0. The Morgan fingerprint density at radius 3 is 2.46 bits per heavy atom. The molecule has 0 aliphatic carbocycles. The van der Waals surface area contributed by atoms with E-state index in [9.17, 15) is 0 Å². The van der Waals surface area contributed by atoms with Gasteiger partial charge in [-0.05, 0) is 30.5 Å². The van der Waals surface area contributed by atoms with Crippen molar-refractivity contribution >= 4 is 6.08 Å². The van der Waals surface area contributed by atoms with Crippen LogP contribution >= 0.6 is 0 Å². The number of epoxide rings is 1. The van der Waals surface area contributed by atoms with Gasteiger partial charge in [0.1, 0.15) is 18.5 Å². The molecule has 26 heavy (non-hydrogen) atoms. The monoisotopic (exact) mass is 356 g/mol. The fraction of sp³-hybridized carbons (Fsp3) is 0.583. The summed E-state index contributed by atoms with van der Waals surface area (Å²) < 4.78 is 10.9. The van der Waals surface area contributed by atoms with E-state index in [-0.39, 0.29) is 0 Å². The number of benzene rings is 1. The Morgan fingerprint density at radius 1 is 1.00 bits per heavy atom. The van der Waals surface area contributed by atoms with Crippen LogP contribution in [0.3, 0.4) is 0 Å². The highest BCUT2D eigenvalue weighted by atomic mass is 16.6. The van der Waals surface area contributed by atoms with Crippen molar-refractivity contribution in [3.8, 4) is 5.75 Å². The van der Waals surface area contributed by atoms with Crippen LogP contribution in [0.15, 0.2) is 42.5 Å². The van der Waals surface area contributed by atoms with E-state index in [1.54, 1.807) is 0 Å². The number of hydrogen-bond donors (Lipinski definition) is 0. The molecule has 1 aliphatic heterocycles. The lowest BCUT2D eigenvalue weighted by atomic mass is 10.1. The molecule has 1 saturated heterocycles. The topological polar surface area (TPSA) is 21.8 Å². The van der Waals surface area contributed by atoms with Crippen molar-refractivity contribution in [1.82, 2.24) is 0 Å². The van der Waals surface area contributed by atoms with Crippen molar-refractivity contribution < 1.29 is 9.47 Å². The first-order valence-electron chi connectivity index (χ1n) is 10.6. The van der Waals surface area contributed by atoms with E-state index >= 15 is 0 Å². The van der Waals surface area contributed by atoms with E-state index in [0.717, 1.165) is 12.4 Å². The average molecular weight is 357 g/mol. The Balaban J connectivity index is 1.49. The molecule has 2 nitrogen and oxygen atoms in total. The molecule has 1 atom stereocenters. The zero-order valence-electron chi connectivity index (χ0n) is 16.5. The Hall–Kier alpha value is -1.54. The van der Waals surface area contributed by atoms with E-state index in [4.69, 9.17) is 9.47 Å². The second-order valence-electron chi connectivity index (χ2n) is 7.24. The molecule has 0 saturated carbocycles. The summed E-state index contributed by atoms with van der Waals surface area (Å²) in [5.74, 6) is 0.918. The predicted octanol–water partition coefficient (Wildman–Crippen LogP) is 6.95. The molecule has 1 fully saturated rings. The Labute approximate surface area is 160 Å². The summed E-state index contributed by atoms with van der Waals surface area (Å²) in [7, 11) is 0. The molecular formula is C24H36O2. The normalized spacial score (nSPS) is 16.6. The van der Waals surface area contributed by atoms with Crippen molar-refractivity contribution in [2.45, 2.75) is 77.2 Å². The molecule has 1 aromatic rings. The minimum absolute atomic E-state index is 0.304. The summed E-state index contributed by atoms with van der Waals surface area (Å²) in [5.41, 5.74) is 1.17. The van der Waals surface area contributed by atoms with Crippen molar-refractivity contribution in [1.29, 1.82) is 0 Å². The fourth-order valence-corrected chi connectivity index (χ4v) is 2.98.